The highest BCUT2D eigenvalue weighted by molar-refractivity contribution is 8.00. The summed E-state index contributed by atoms with van der Waals surface area (Å²) in [4.78, 5) is 17.7. The number of carbonyl (C=O) groups excluding carboxylic acids is 1. The number of carbonyl (C=O) groups is 1. The summed E-state index contributed by atoms with van der Waals surface area (Å²) in [5, 5.41) is 5.27. The molecule has 1 saturated carbocycles. The van der Waals surface area contributed by atoms with Gasteiger partial charge >= 0.3 is 0 Å². The molecule has 1 aromatic rings. The van der Waals surface area contributed by atoms with Crippen LogP contribution in [-0.4, -0.2) is 41.8 Å². The first-order valence-electron chi connectivity index (χ1n) is 11.7. The lowest BCUT2D eigenvalue weighted by Gasteiger charge is -2.34. The third-order valence-corrected chi connectivity index (χ3v) is 7.46. The van der Waals surface area contributed by atoms with Crippen molar-refractivity contribution in [3.63, 3.8) is 0 Å². The molecule has 170 valence electrons. The van der Waals surface area contributed by atoms with Crippen molar-refractivity contribution in [2.24, 2.45) is 10.9 Å². The number of nitrogens with one attached hydrogen (secondary N) is 1. The quantitative estimate of drug-likeness (QED) is 0.603. The van der Waals surface area contributed by atoms with E-state index >= 15 is 0 Å². The Bertz CT molecular complexity index is 807. The second-order valence-corrected chi connectivity index (χ2v) is 9.33. The Balaban J connectivity index is 0.00000132. The molecule has 0 aromatic heterocycles. The van der Waals surface area contributed by atoms with Gasteiger partial charge in [-0.05, 0) is 61.3 Å². The first-order chi connectivity index (χ1) is 15.1. The highest BCUT2D eigenvalue weighted by Crippen LogP contribution is 2.36. The Hall–Kier alpha value is -1.79. The molecule has 2 aliphatic heterocycles. The molecule has 3 aliphatic rings. The van der Waals surface area contributed by atoms with Crippen LogP contribution in [0.3, 0.4) is 0 Å². The molecule has 0 unspecified atom stereocenters. The zero-order valence-electron chi connectivity index (χ0n) is 19.4. The van der Waals surface area contributed by atoms with E-state index in [0.29, 0.717) is 5.92 Å². The molecular formula is C25H37N3O2S. The van der Waals surface area contributed by atoms with Crippen molar-refractivity contribution >= 4 is 29.8 Å². The van der Waals surface area contributed by atoms with Gasteiger partial charge in [0, 0.05) is 19.0 Å². The van der Waals surface area contributed by atoms with Gasteiger partial charge in [-0.3, -0.25) is 9.79 Å². The minimum atomic E-state index is -0.517. The molecule has 2 heterocycles. The van der Waals surface area contributed by atoms with Gasteiger partial charge in [0.2, 0.25) is 0 Å². The van der Waals surface area contributed by atoms with E-state index in [4.69, 9.17) is 9.73 Å². The topological polar surface area (TPSA) is 53.9 Å². The Morgan fingerprint density at radius 3 is 2.58 bits per heavy atom. The molecule has 1 N–H and O–H groups in total. The van der Waals surface area contributed by atoms with Crippen LogP contribution in [0.4, 0.5) is 0 Å². The van der Waals surface area contributed by atoms with E-state index in [2.05, 4.69) is 34.1 Å². The minimum Gasteiger partial charge on any atom is -0.496 e. The van der Waals surface area contributed by atoms with Crippen molar-refractivity contribution in [2.75, 3.05) is 20.2 Å². The third kappa shape index (κ3) is 5.53. The van der Waals surface area contributed by atoms with E-state index in [1.807, 2.05) is 26.0 Å². The molecule has 2 fully saturated rings. The maximum Gasteiger partial charge on any atom is 0.253 e. The van der Waals surface area contributed by atoms with Crippen molar-refractivity contribution in [3.05, 3.63) is 34.7 Å². The standard InChI is InChI=1S/C23H31N3O2S.C2H6/c1-17-18(9-6-10-20(17)28-2)11-16-29-26-14-12-23(13-15-26)22(27)24-21(25-23)19-7-4-3-5-8-19;1-2/h6,9-11,16,19H,3-5,7-8,12-15H2,1-2H3,(H,24,25,27);1-2H3/b16-11+;. The van der Waals surface area contributed by atoms with Gasteiger partial charge in [0.15, 0.2) is 0 Å². The van der Waals surface area contributed by atoms with Crippen LogP contribution in [0.25, 0.3) is 6.08 Å². The van der Waals surface area contributed by atoms with Crippen LogP contribution >= 0.6 is 11.9 Å². The number of amidine groups is 1. The number of hydrogen-bond acceptors (Lipinski definition) is 5. The Kier molecular flexibility index (Phi) is 8.61. The lowest BCUT2D eigenvalue weighted by molar-refractivity contribution is -0.124. The SMILES string of the molecule is CC.COc1cccc(/C=C/SN2CCC3(CC2)N=C(C2CCCCC2)NC3=O)c1C. The van der Waals surface area contributed by atoms with E-state index in [9.17, 15) is 4.79 Å². The van der Waals surface area contributed by atoms with E-state index in [1.165, 1.54) is 37.7 Å². The second kappa shape index (κ2) is 11.2. The lowest BCUT2D eigenvalue weighted by Crippen LogP contribution is -2.47. The van der Waals surface area contributed by atoms with Gasteiger partial charge in [-0.1, -0.05) is 57.2 Å². The molecule has 0 bridgehead atoms. The van der Waals surface area contributed by atoms with Crippen molar-refractivity contribution in [1.29, 1.82) is 0 Å². The van der Waals surface area contributed by atoms with Crippen molar-refractivity contribution in [3.8, 4) is 5.75 Å². The molecule has 0 radical (unpaired) electrons. The number of ether oxygens (including phenoxy) is 1. The predicted octanol–water partition coefficient (Wildman–Crippen LogP) is 5.59. The van der Waals surface area contributed by atoms with E-state index in [-0.39, 0.29) is 5.91 Å². The number of hydrogen-bond donors (Lipinski definition) is 1. The second-order valence-electron chi connectivity index (χ2n) is 8.33. The van der Waals surface area contributed by atoms with E-state index in [0.717, 1.165) is 43.1 Å². The van der Waals surface area contributed by atoms with Crippen LogP contribution in [-0.2, 0) is 4.79 Å². The smallest absolute Gasteiger partial charge is 0.253 e. The van der Waals surface area contributed by atoms with E-state index < -0.39 is 5.54 Å². The van der Waals surface area contributed by atoms with Gasteiger partial charge in [-0.2, -0.15) is 0 Å². The Morgan fingerprint density at radius 1 is 1.19 bits per heavy atom. The monoisotopic (exact) mass is 443 g/mol. The molecular weight excluding hydrogens is 406 g/mol. The average Bonchev–Trinajstić information content (AvgIpc) is 3.14. The summed E-state index contributed by atoms with van der Waals surface area (Å²) >= 11 is 1.72. The fourth-order valence-electron chi connectivity index (χ4n) is 4.63. The molecule has 1 aliphatic carbocycles. The minimum absolute atomic E-state index is 0.130. The molecule has 31 heavy (non-hydrogen) atoms. The fourth-order valence-corrected chi connectivity index (χ4v) is 5.41. The highest BCUT2D eigenvalue weighted by Gasteiger charge is 2.46. The van der Waals surface area contributed by atoms with Crippen LogP contribution in [0.1, 0.15) is 69.9 Å². The number of aliphatic imine (C=N–C) groups is 1. The molecule has 0 atom stereocenters. The first kappa shape index (κ1) is 23.9. The third-order valence-electron chi connectivity index (χ3n) is 6.54. The summed E-state index contributed by atoms with van der Waals surface area (Å²) in [6, 6.07) is 6.10. The van der Waals surface area contributed by atoms with Crippen LogP contribution < -0.4 is 10.1 Å². The van der Waals surface area contributed by atoms with Gasteiger partial charge in [0.25, 0.3) is 5.91 Å². The van der Waals surface area contributed by atoms with Crippen LogP contribution in [0.5, 0.6) is 5.75 Å². The Morgan fingerprint density at radius 2 is 1.90 bits per heavy atom. The van der Waals surface area contributed by atoms with Crippen molar-refractivity contribution in [1.82, 2.24) is 9.62 Å². The number of methoxy groups -OCH3 is 1. The maximum atomic E-state index is 12.7. The van der Waals surface area contributed by atoms with E-state index in [1.54, 1.807) is 19.1 Å². The van der Waals surface area contributed by atoms with Gasteiger partial charge in [-0.15, -0.1) is 0 Å². The molecule has 1 aromatic carbocycles. The first-order valence-corrected chi connectivity index (χ1v) is 12.6. The summed E-state index contributed by atoms with van der Waals surface area (Å²) in [5.41, 5.74) is 1.80. The fraction of sp³-hybridized carbons (Fsp3) is 0.600. The van der Waals surface area contributed by atoms with Gasteiger partial charge in [-0.25, -0.2) is 4.31 Å². The molecule has 1 spiro atoms. The van der Waals surface area contributed by atoms with Gasteiger partial charge in [0.1, 0.15) is 17.1 Å². The summed E-state index contributed by atoms with van der Waals surface area (Å²) in [7, 11) is 1.70. The van der Waals surface area contributed by atoms with Gasteiger partial charge < -0.3 is 10.1 Å². The lowest BCUT2D eigenvalue weighted by atomic mass is 9.88. The molecule has 5 nitrogen and oxygen atoms in total. The number of amides is 1. The summed E-state index contributed by atoms with van der Waals surface area (Å²) < 4.78 is 7.73. The Labute approximate surface area is 191 Å². The van der Waals surface area contributed by atoms with Crippen molar-refractivity contribution in [2.45, 2.75) is 71.3 Å². The van der Waals surface area contributed by atoms with Crippen LogP contribution in [0, 0.1) is 12.8 Å². The molecule has 1 saturated heterocycles. The number of rotatable bonds is 5. The average molecular weight is 444 g/mol. The summed E-state index contributed by atoms with van der Waals surface area (Å²) in [5.74, 6) is 2.49. The number of nitrogens with zero attached hydrogens (tertiary/aromatic N) is 2. The van der Waals surface area contributed by atoms with Crippen LogP contribution in [0.2, 0.25) is 0 Å². The normalized spacial score (nSPS) is 21.5. The summed E-state index contributed by atoms with van der Waals surface area (Å²) in [6.45, 7) is 7.83. The molecule has 4 rings (SSSR count). The largest absolute Gasteiger partial charge is 0.496 e. The summed E-state index contributed by atoms with van der Waals surface area (Å²) in [6.07, 6.45) is 9.91. The van der Waals surface area contributed by atoms with Crippen molar-refractivity contribution < 1.29 is 9.53 Å². The van der Waals surface area contributed by atoms with Gasteiger partial charge in [0.05, 0.1) is 7.11 Å². The zero-order valence-corrected chi connectivity index (χ0v) is 20.3. The molecule has 1 amide bonds. The predicted molar refractivity (Wildman–Crippen MR) is 131 cm³/mol. The maximum absolute atomic E-state index is 12.7. The number of benzene rings is 1. The van der Waals surface area contributed by atoms with Crippen LogP contribution in [0.15, 0.2) is 28.6 Å². The number of piperidine rings is 1. The zero-order chi connectivity index (χ0) is 22.3. The molecule has 6 heteroatoms. The highest BCUT2D eigenvalue weighted by atomic mass is 32.2.